The fraction of sp³-hybridized carbons (Fsp3) is 0.625. The van der Waals surface area contributed by atoms with Crippen molar-refractivity contribution in [1.29, 1.82) is 0 Å². The van der Waals surface area contributed by atoms with E-state index < -0.39 is 0 Å². The third-order valence-electron chi connectivity index (χ3n) is 3.48. The van der Waals surface area contributed by atoms with Crippen LogP contribution in [0.5, 0.6) is 0 Å². The molecule has 0 spiro atoms. The number of benzene rings is 1. The maximum absolute atomic E-state index is 6.26. The summed E-state index contributed by atoms with van der Waals surface area (Å²) in [5, 5.41) is 1.49. The Balaban J connectivity index is 0.00000529. The molecule has 1 rings (SSSR count). The Morgan fingerprint density at radius 3 is 1.54 bits per heavy atom. The summed E-state index contributed by atoms with van der Waals surface area (Å²) >= 11 is 32.3. The molecule has 0 saturated heterocycles. The topological polar surface area (TPSA) is 3.24 Å². The maximum Gasteiger partial charge on any atom is 0.0809 e. The van der Waals surface area contributed by atoms with Gasteiger partial charge in [0.15, 0.2) is 0 Å². The second-order valence-corrected chi connectivity index (χ2v) is 8.29. The summed E-state index contributed by atoms with van der Waals surface area (Å²) in [6.45, 7) is 7.66. The molecule has 0 aliphatic heterocycles. The Morgan fingerprint density at radius 1 is 0.708 bits per heavy atom. The highest BCUT2D eigenvalue weighted by atomic mass is 35.5. The van der Waals surface area contributed by atoms with Crippen molar-refractivity contribution in [3.05, 3.63) is 25.1 Å². The highest BCUT2D eigenvalue weighted by molar-refractivity contribution is 7.99. The number of halogens is 6. The highest BCUT2D eigenvalue weighted by Crippen LogP contribution is 2.47. The Hall–Kier alpha value is 1.27. The van der Waals surface area contributed by atoms with E-state index in [0.29, 0.717) is 14.9 Å². The largest absolute Gasteiger partial charge is 0.303 e. The van der Waals surface area contributed by atoms with Gasteiger partial charge in [0.25, 0.3) is 0 Å². The molecule has 8 heteroatoms. The van der Waals surface area contributed by atoms with Gasteiger partial charge in [-0.05, 0) is 25.9 Å². The number of thioether (sulfide) groups is 1. The van der Waals surface area contributed by atoms with E-state index in [0.717, 1.165) is 25.4 Å². The van der Waals surface area contributed by atoms with Crippen molar-refractivity contribution >= 4 is 82.2 Å². The Kier molecular flexibility index (Phi) is 14.2. The van der Waals surface area contributed by atoms with Crippen LogP contribution in [0.15, 0.2) is 4.90 Å². The smallest absolute Gasteiger partial charge is 0.0809 e. The molecule has 0 aliphatic carbocycles. The molecule has 0 fully saturated rings. The molecule has 0 N–H and O–H groups in total. The van der Waals surface area contributed by atoms with Gasteiger partial charge in [-0.2, -0.15) is 0 Å². The summed E-state index contributed by atoms with van der Waals surface area (Å²) < 4.78 is 0. The lowest BCUT2D eigenvalue weighted by molar-refractivity contribution is 0.281. The number of hydrogen-bond donors (Lipinski definition) is 0. The Bertz CT molecular complexity index is 475. The molecule has 0 heterocycles. The quantitative estimate of drug-likeness (QED) is 0.191. The van der Waals surface area contributed by atoms with Crippen molar-refractivity contribution in [3.8, 4) is 0 Å². The van der Waals surface area contributed by atoms with E-state index in [9.17, 15) is 0 Å². The SMILES string of the molecule is CCCCN(CCCC)CCSc1c(Cl)c(Cl)c(Cl)c(Cl)c1Cl.Cl. The van der Waals surface area contributed by atoms with E-state index >= 15 is 0 Å². The van der Waals surface area contributed by atoms with Crippen LogP contribution in [-0.2, 0) is 0 Å². The van der Waals surface area contributed by atoms with Crippen LogP contribution in [0.2, 0.25) is 25.1 Å². The first-order valence-electron chi connectivity index (χ1n) is 7.80. The van der Waals surface area contributed by atoms with Crippen molar-refractivity contribution in [3.63, 3.8) is 0 Å². The zero-order valence-electron chi connectivity index (χ0n) is 13.8. The molecule has 140 valence electrons. The van der Waals surface area contributed by atoms with E-state index in [1.807, 2.05) is 0 Å². The van der Waals surface area contributed by atoms with Gasteiger partial charge in [-0.1, -0.05) is 84.7 Å². The third kappa shape index (κ3) is 7.48. The summed E-state index contributed by atoms with van der Waals surface area (Å²) in [6, 6.07) is 0. The first-order valence-corrected chi connectivity index (χ1v) is 10.7. The molecular weight excluding hydrogens is 451 g/mol. The van der Waals surface area contributed by atoms with E-state index in [-0.39, 0.29) is 27.5 Å². The number of rotatable bonds is 10. The molecular formula is C16H23Cl6NS. The standard InChI is InChI=1S/C16H22Cl5NS.ClH/c1-3-5-7-22(8-6-4-2)9-10-23-16-14(20)12(18)11(17)13(19)15(16)21;/h3-10H2,1-2H3;1H. The van der Waals surface area contributed by atoms with Gasteiger partial charge in [-0.3, -0.25) is 0 Å². The maximum atomic E-state index is 6.26. The van der Waals surface area contributed by atoms with E-state index in [2.05, 4.69) is 18.7 Å². The van der Waals surface area contributed by atoms with Gasteiger partial charge >= 0.3 is 0 Å². The normalized spacial score (nSPS) is 11.0. The Labute approximate surface area is 181 Å². The van der Waals surface area contributed by atoms with Crippen LogP contribution >= 0.6 is 82.2 Å². The lowest BCUT2D eigenvalue weighted by Gasteiger charge is -2.22. The van der Waals surface area contributed by atoms with Crippen molar-refractivity contribution in [1.82, 2.24) is 4.90 Å². The van der Waals surface area contributed by atoms with Crippen LogP contribution in [0.1, 0.15) is 39.5 Å². The van der Waals surface area contributed by atoms with Crippen LogP contribution in [0.3, 0.4) is 0 Å². The minimum absolute atomic E-state index is 0. The van der Waals surface area contributed by atoms with Gasteiger partial charge in [0.05, 0.1) is 25.1 Å². The average Bonchev–Trinajstić information content (AvgIpc) is 2.56. The highest BCUT2D eigenvalue weighted by Gasteiger charge is 2.19. The van der Waals surface area contributed by atoms with Crippen LogP contribution in [0.4, 0.5) is 0 Å². The molecule has 0 radical (unpaired) electrons. The molecule has 0 saturated carbocycles. The van der Waals surface area contributed by atoms with Gasteiger partial charge in [0.1, 0.15) is 0 Å². The monoisotopic (exact) mass is 471 g/mol. The van der Waals surface area contributed by atoms with Gasteiger partial charge in [0.2, 0.25) is 0 Å². The molecule has 0 unspecified atom stereocenters. The zero-order valence-corrected chi connectivity index (χ0v) is 19.2. The molecule has 0 amide bonds. The fourth-order valence-corrected chi connectivity index (χ4v) is 4.68. The summed E-state index contributed by atoms with van der Waals surface area (Å²) in [5.74, 6) is 0.876. The van der Waals surface area contributed by atoms with E-state index in [1.165, 1.54) is 25.7 Å². The first kappa shape index (κ1) is 25.3. The first-order chi connectivity index (χ1) is 10.9. The third-order valence-corrected chi connectivity index (χ3v) is 7.06. The number of hydrogen-bond acceptors (Lipinski definition) is 2. The van der Waals surface area contributed by atoms with Gasteiger partial charge in [0, 0.05) is 17.2 Å². The van der Waals surface area contributed by atoms with Crippen LogP contribution in [0.25, 0.3) is 0 Å². The summed E-state index contributed by atoms with van der Waals surface area (Å²) in [6.07, 6.45) is 4.84. The lowest BCUT2D eigenvalue weighted by Crippen LogP contribution is -2.28. The van der Waals surface area contributed by atoms with Crippen molar-refractivity contribution in [2.75, 3.05) is 25.4 Å². The second kappa shape index (κ2) is 13.4. The summed E-state index contributed by atoms with van der Waals surface area (Å²) in [4.78, 5) is 3.19. The molecule has 1 aromatic rings. The van der Waals surface area contributed by atoms with Crippen LogP contribution in [0, 0.1) is 0 Å². The minimum Gasteiger partial charge on any atom is -0.303 e. The van der Waals surface area contributed by atoms with Crippen LogP contribution < -0.4 is 0 Å². The molecule has 1 nitrogen and oxygen atoms in total. The van der Waals surface area contributed by atoms with Crippen LogP contribution in [-0.4, -0.2) is 30.3 Å². The van der Waals surface area contributed by atoms with E-state index in [4.69, 9.17) is 58.0 Å². The average molecular weight is 474 g/mol. The molecule has 24 heavy (non-hydrogen) atoms. The lowest BCUT2D eigenvalue weighted by atomic mass is 10.2. The van der Waals surface area contributed by atoms with Gasteiger partial charge in [-0.15, -0.1) is 24.2 Å². The Morgan fingerprint density at radius 2 is 1.12 bits per heavy atom. The minimum atomic E-state index is 0. The molecule has 0 bridgehead atoms. The van der Waals surface area contributed by atoms with Crippen molar-refractivity contribution < 1.29 is 0 Å². The number of unbranched alkanes of at least 4 members (excludes halogenated alkanes) is 2. The summed E-state index contributed by atoms with van der Waals surface area (Å²) in [5.41, 5.74) is 0. The molecule has 1 aromatic carbocycles. The molecule has 0 aromatic heterocycles. The predicted molar refractivity (Wildman–Crippen MR) is 116 cm³/mol. The predicted octanol–water partition coefficient (Wildman–Crippen LogP) is 8.37. The van der Waals surface area contributed by atoms with Gasteiger partial charge < -0.3 is 4.90 Å². The summed E-state index contributed by atoms with van der Waals surface area (Å²) in [7, 11) is 0. The van der Waals surface area contributed by atoms with Crippen molar-refractivity contribution in [2.45, 2.75) is 44.4 Å². The van der Waals surface area contributed by atoms with E-state index in [1.54, 1.807) is 11.8 Å². The van der Waals surface area contributed by atoms with Crippen molar-refractivity contribution in [2.24, 2.45) is 0 Å². The molecule has 0 aliphatic rings. The number of nitrogens with zero attached hydrogens (tertiary/aromatic N) is 1. The van der Waals surface area contributed by atoms with Gasteiger partial charge in [-0.25, -0.2) is 0 Å². The molecule has 0 atom stereocenters. The second-order valence-electron chi connectivity index (χ2n) is 5.30. The fourth-order valence-electron chi connectivity index (χ4n) is 2.09. The zero-order chi connectivity index (χ0) is 17.4.